The quantitative estimate of drug-likeness (QED) is 0.418. The first-order valence-electron chi connectivity index (χ1n) is 3.62. The summed E-state index contributed by atoms with van der Waals surface area (Å²) < 4.78 is 74.7. The van der Waals surface area contributed by atoms with Gasteiger partial charge in [0.15, 0.2) is 0 Å². The van der Waals surface area contributed by atoms with Crippen LogP contribution in [0.3, 0.4) is 0 Å². The van der Waals surface area contributed by atoms with E-state index in [0.29, 0.717) is 0 Å². The summed E-state index contributed by atoms with van der Waals surface area (Å²) in [6.07, 6.45) is -11.7. The molecular weight excluding hydrogens is 230 g/mol. The van der Waals surface area contributed by atoms with Crippen molar-refractivity contribution in [2.24, 2.45) is 0 Å². The normalized spacial score (nSPS) is 13.9. The molecular formula is C7H6F6O2. The smallest absolute Gasteiger partial charge is 0.423 e. The van der Waals surface area contributed by atoms with Crippen molar-refractivity contribution in [3.8, 4) is 0 Å². The van der Waals surface area contributed by atoms with Gasteiger partial charge in [0.25, 0.3) is 0 Å². The summed E-state index contributed by atoms with van der Waals surface area (Å²) in [6.45, 7) is 0.740. The lowest BCUT2D eigenvalue weighted by Gasteiger charge is -2.11. The molecule has 0 spiro atoms. The van der Waals surface area contributed by atoms with Crippen LogP contribution in [0.2, 0.25) is 0 Å². The molecule has 8 heteroatoms. The highest BCUT2D eigenvalue weighted by molar-refractivity contribution is 5.90. The standard InChI is InChI=1S/C7H6F6O2/c1-2-15-5(14)4(7(11,12)13)3-6(8,9)10/h3H,2H2,1H3. The molecule has 0 bridgehead atoms. The van der Waals surface area contributed by atoms with Gasteiger partial charge in [0.05, 0.1) is 6.61 Å². The van der Waals surface area contributed by atoms with E-state index < -0.39 is 36.6 Å². The van der Waals surface area contributed by atoms with E-state index in [2.05, 4.69) is 4.74 Å². The van der Waals surface area contributed by atoms with Crippen molar-refractivity contribution in [3.63, 3.8) is 0 Å². The van der Waals surface area contributed by atoms with Crippen molar-refractivity contribution >= 4 is 5.97 Å². The zero-order valence-corrected chi connectivity index (χ0v) is 7.37. The Labute approximate surface area is 80.5 Å². The molecule has 0 radical (unpaired) electrons. The lowest BCUT2D eigenvalue weighted by atomic mass is 10.2. The Balaban J connectivity index is 5.09. The number of carbonyl (C=O) groups excluding carboxylic acids is 1. The van der Waals surface area contributed by atoms with Crippen LogP contribution in [0.4, 0.5) is 26.3 Å². The first-order valence-corrected chi connectivity index (χ1v) is 3.62. The number of alkyl halides is 6. The summed E-state index contributed by atoms with van der Waals surface area (Å²) in [5.74, 6) is -2.04. The number of rotatable bonds is 2. The Morgan fingerprint density at radius 1 is 1.20 bits per heavy atom. The highest BCUT2D eigenvalue weighted by Gasteiger charge is 2.43. The second-order valence-electron chi connectivity index (χ2n) is 2.32. The zero-order chi connectivity index (χ0) is 12.3. The lowest BCUT2D eigenvalue weighted by molar-refractivity contribution is -0.152. The monoisotopic (exact) mass is 236 g/mol. The van der Waals surface area contributed by atoms with Gasteiger partial charge >= 0.3 is 18.3 Å². The molecule has 0 rings (SSSR count). The molecule has 0 aromatic rings. The van der Waals surface area contributed by atoms with Crippen molar-refractivity contribution < 1.29 is 35.9 Å². The van der Waals surface area contributed by atoms with Gasteiger partial charge in [-0.15, -0.1) is 0 Å². The maximum absolute atomic E-state index is 12.0. The fraction of sp³-hybridized carbons (Fsp3) is 0.571. The minimum Gasteiger partial charge on any atom is -0.462 e. The molecule has 0 atom stereocenters. The highest BCUT2D eigenvalue weighted by atomic mass is 19.4. The fourth-order valence-electron chi connectivity index (χ4n) is 0.629. The molecule has 0 heterocycles. The molecule has 0 aliphatic heterocycles. The molecule has 0 N–H and O–H groups in total. The third-order valence-corrected chi connectivity index (χ3v) is 1.11. The average Bonchev–Trinajstić information content (AvgIpc) is 1.97. The summed E-state index contributed by atoms with van der Waals surface area (Å²) in [4.78, 5) is 10.6. The van der Waals surface area contributed by atoms with E-state index in [4.69, 9.17) is 0 Å². The summed E-state index contributed by atoms with van der Waals surface area (Å²) in [7, 11) is 0. The van der Waals surface area contributed by atoms with Crippen LogP contribution in [-0.4, -0.2) is 24.9 Å². The number of halogens is 6. The summed E-state index contributed by atoms with van der Waals surface area (Å²) in [5.41, 5.74) is -2.36. The molecule has 2 nitrogen and oxygen atoms in total. The number of hydrogen-bond donors (Lipinski definition) is 0. The molecule has 0 amide bonds. The minimum atomic E-state index is -5.39. The molecule has 0 aromatic heterocycles. The van der Waals surface area contributed by atoms with Gasteiger partial charge in [0.1, 0.15) is 5.57 Å². The van der Waals surface area contributed by atoms with Crippen LogP contribution in [0, 0.1) is 0 Å². The predicted molar refractivity (Wildman–Crippen MR) is 36.8 cm³/mol. The Hall–Kier alpha value is -1.21. The van der Waals surface area contributed by atoms with E-state index in [1.165, 1.54) is 6.92 Å². The van der Waals surface area contributed by atoms with Gasteiger partial charge < -0.3 is 4.74 Å². The number of esters is 1. The van der Waals surface area contributed by atoms with E-state index in [1.54, 1.807) is 0 Å². The van der Waals surface area contributed by atoms with Crippen LogP contribution in [0.25, 0.3) is 0 Å². The summed E-state index contributed by atoms with van der Waals surface area (Å²) >= 11 is 0. The van der Waals surface area contributed by atoms with Crippen LogP contribution in [0.15, 0.2) is 11.6 Å². The first kappa shape index (κ1) is 13.8. The Kier molecular flexibility index (Phi) is 4.17. The number of allylic oxidation sites excluding steroid dienone is 1. The maximum atomic E-state index is 12.0. The van der Waals surface area contributed by atoms with Gasteiger partial charge in [-0.2, -0.15) is 26.3 Å². The molecule has 0 aromatic carbocycles. The summed E-state index contributed by atoms with van der Waals surface area (Å²) in [6, 6.07) is 0. The molecule has 0 saturated heterocycles. The van der Waals surface area contributed by atoms with Gasteiger partial charge in [0, 0.05) is 6.08 Å². The molecule has 0 fully saturated rings. The molecule has 15 heavy (non-hydrogen) atoms. The van der Waals surface area contributed by atoms with Crippen molar-refractivity contribution in [1.82, 2.24) is 0 Å². The van der Waals surface area contributed by atoms with Crippen LogP contribution >= 0.6 is 0 Å². The van der Waals surface area contributed by atoms with Gasteiger partial charge in [-0.05, 0) is 6.92 Å². The molecule has 0 unspecified atom stereocenters. The van der Waals surface area contributed by atoms with Gasteiger partial charge in [-0.3, -0.25) is 0 Å². The van der Waals surface area contributed by atoms with E-state index in [-0.39, 0.29) is 0 Å². The second-order valence-corrected chi connectivity index (χ2v) is 2.32. The maximum Gasteiger partial charge on any atom is 0.423 e. The van der Waals surface area contributed by atoms with Gasteiger partial charge in [-0.1, -0.05) is 0 Å². The van der Waals surface area contributed by atoms with E-state index in [0.717, 1.165) is 0 Å². The third kappa shape index (κ3) is 5.28. The largest absolute Gasteiger partial charge is 0.462 e. The topological polar surface area (TPSA) is 26.3 Å². The van der Waals surface area contributed by atoms with Gasteiger partial charge in [0.2, 0.25) is 0 Å². The summed E-state index contributed by atoms with van der Waals surface area (Å²) in [5, 5.41) is 0. The van der Waals surface area contributed by atoms with Crippen molar-refractivity contribution in [2.75, 3.05) is 6.61 Å². The van der Waals surface area contributed by atoms with E-state index >= 15 is 0 Å². The minimum absolute atomic E-state index is 0.440. The third-order valence-electron chi connectivity index (χ3n) is 1.11. The first-order chi connectivity index (χ1) is 6.58. The van der Waals surface area contributed by atoms with Gasteiger partial charge in [-0.25, -0.2) is 4.79 Å². The van der Waals surface area contributed by atoms with Crippen LogP contribution in [0.5, 0.6) is 0 Å². The lowest BCUT2D eigenvalue weighted by Crippen LogP contribution is -2.24. The Morgan fingerprint density at radius 3 is 1.93 bits per heavy atom. The number of hydrogen-bond acceptors (Lipinski definition) is 2. The predicted octanol–water partition coefficient (Wildman–Crippen LogP) is 2.60. The van der Waals surface area contributed by atoms with Crippen LogP contribution in [-0.2, 0) is 9.53 Å². The highest BCUT2D eigenvalue weighted by Crippen LogP contribution is 2.30. The fourth-order valence-corrected chi connectivity index (χ4v) is 0.629. The molecule has 0 aliphatic carbocycles. The Bertz CT molecular complexity index is 262. The average molecular weight is 236 g/mol. The number of ether oxygens (including phenoxy) is 1. The van der Waals surface area contributed by atoms with E-state index in [9.17, 15) is 31.1 Å². The van der Waals surface area contributed by atoms with Crippen LogP contribution in [0.1, 0.15) is 6.92 Å². The van der Waals surface area contributed by atoms with Crippen molar-refractivity contribution in [2.45, 2.75) is 19.3 Å². The number of carbonyl (C=O) groups is 1. The molecule has 0 saturated carbocycles. The van der Waals surface area contributed by atoms with E-state index in [1.807, 2.05) is 0 Å². The molecule has 0 aliphatic rings. The van der Waals surface area contributed by atoms with Crippen molar-refractivity contribution in [3.05, 3.63) is 11.6 Å². The second kappa shape index (κ2) is 4.54. The SMILES string of the molecule is CCOC(=O)C(=CC(F)(F)F)C(F)(F)F. The zero-order valence-electron chi connectivity index (χ0n) is 7.37. The van der Waals surface area contributed by atoms with Crippen molar-refractivity contribution in [1.29, 1.82) is 0 Å². The van der Waals surface area contributed by atoms with Crippen LogP contribution < -0.4 is 0 Å². The Morgan fingerprint density at radius 2 is 1.67 bits per heavy atom. The molecule has 88 valence electrons.